The largest absolute Gasteiger partial charge is 0.327 e. The van der Waals surface area contributed by atoms with E-state index < -0.39 is 11.0 Å². The molecule has 6 rings (SSSR count). The molecular weight excluding hydrogens is 534 g/mol. The molecule has 0 bridgehead atoms. The number of nitro benzene ring substituents is 1. The van der Waals surface area contributed by atoms with Crippen molar-refractivity contribution >= 4 is 23.4 Å². The Morgan fingerprint density at radius 1 is 1.05 bits per heavy atom. The molecule has 1 aliphatic rings. The zero-order valence-electron chi connectivity index (χ0n) is 23.1. The lowest BCUT2D eigenvalue weighted by Crippen LogP contribution is -2.33. The number of aryl methyl sites for hydroxylation is 1. The molecule has 2 N–H and O–H groups in total. The minimum Gasteiger partial charge on any atom is -0.327 e. The number of hydrogen-bond donors (Lipinski definition) is 2. The summed E-state index contributed by atoms with van der Waals surface area (Å²) in [5, 5.41) is 27.0. The molecule has 1 aliphatic heterocycles. The second kappa shape index (κ2) is 10.7. The zero-order chi connectivity index (χ0) is 29.4. The first-order chi connectivity index (χ1) is 20.3. The van der Waals surface area contributed by atoms with E-state index in [9.17, 15) is 14.9 Å². The number of benzene rings is 2. The van der Waals surface area contributed by atoms with E-state index in [-0.39, 0.29) is 17.5 Å². The van der Waals surface area contributed by atoms with Crippen LogP contribution in [0.3, 0.4) is 0 Å². The van der Waals surface area contributed by atoms with Crippen LogP contribution in [0.4, 0.5) is 17.5 Å². The molecule has 0 radical (unpaired) electrons. The Balaban J connectivity index is 1.56. The fourth-order valence-corrected chi connectivity index (χ4v) is 4.97. The minimum atomic E-state index is -0.728. The molecule has 0 spiro atoms. The summed E-state index contributed by atoms with van der Waals surface area (Å²) in [6.45, 7) is 5.91. The number of para-hydroxylation sites is 1. The molecule has 0 saturated carbocycles. The van der Waals surface area contributed by atoms with Gasteiger partial charge in [0.05, 0.1) is 21.9 Å². The van der Waals surface area contributed by atoms with E-state index in [4.69, 9.17) is 5.10 Å². The van der Waals surface area contributed by atoms with Crippen molar-refractivity contribution in [1.82, 2.24) is 29.5 Å². The van der Waals surface area contributed by atoms with Gasteiger partial charge in [-0.05, 0) is 48.7 Å². The first-order valence-electron chi connectivity index (χ1n) is 13.3. The van der Waals surface area contributed by atoms with Gasteiger partial charge in [0.25, 0.3) is 11.6 Å². The number of allylic oxidation sites excluding steroid dienone is 1. The highest BCUT2D eigenvalue weighted by molar-refractivity contribution is 6.05. The number of carbonyl (C=O) groups excluding carboxylic acids is 1. The third-order valence-electron chi connectivity index (χ3n) is 7.01. The van der Waals surface area contributed by atoms with Crippen LogP contribution in [0.15, 0.2) is 96.7 Å². The molecule has 1 unspecified atom stereocenters. The van der Waals surface area contributed by atoms with Crippen LogP contribution in [0.25, 0.3) is 16.9 Å². The number of pyridine rings is 1. The van der Waals surface area contributed by atoms with Gasteiger partial charge in [0.2, 0.25) is 5.95 Å². The maximum Gasteiger partial charge on any atom is 0.269 e. The number of fused-ring (bicyclic) bond motifs is 1. The molecule has 4 heterocycles. The van der Waals surface area contributed by atoms with Gasteiger partial charge < -0.3 is 10.6 Å². The van der Waals surface area contributed by atoms with E-state index in [1.165, 1.54) is 18.5 Å². The molecule has 12 nitrogen and oxygen atoms in total. The Morgan fingerprint density at radius 2 is 1.81 bits per heavy atom. The third-order valence-corrected chi connectivity index (χ3v) is 7.01. The average molecular weight is 562 g/mol. The highest BCUT2D eigenvalue weighted by Gasteiger charge is 2.38. The fraction of sp³-hybridized carbons (Fsp3) is 0.167. The molecule has 42 heavy (non-hydrogen) atoms. The molecule has 0 aliphatic carbocycles. The first kappa shape index (κ1) is 26.6. The molecular formula is C30H27N9O3. The van der Waals surface area contributed by atoms with E-state index >= 15 is 0 Å². The van der Waals surface area contributed by atoms with Gasteiger partial charge in [0, 0.05) is 41.4 Å². The fourth-order valence-electron chi connectivity index (χ4n) is 4.97. The zero-order valence-corrected chi connectivity index (χ0v) is 23.1. The number of amides is 1. The second-order valence-corrected chi connectivity index (χ2v) is 10.2. The van der Waals surface area contributed by atoms with Gasteiger partial charge in [0.1, 0.15) is 18.2 Å². The van der Waals surface area contributed by atoms with Gasteiger partial charge >= 0.3 is 0 Å². The van der Waals surface area contributed by atoms with Crippen molar-refractivity contribution in [3.63, 3.8) is 0 Å². The Kier molecular flexibility index (Phi) is 6.79. The van der Waals surface area contributed by atoms with Crippen molar-refractivity contribution < 1.29 is 9.72 Å². The van der Waals surface area contributed by atoms with Crippen LogP contribution in [0.2, 0.25) is 0 Å². The van der Waals surface area contributed by atoms with Crippen LogP contribution in [0.5, 0.6) is 0 Å². The van der Waals surface area contributed by atoms with Crippen molar-refractivity contribution in [2.45, 2.75) is 26.8 Å². The first-order valence-corrected chi connectivity index (χ1v) is 13.3. The Hall–Kier alpha value is -5.65. The maximum atomic E-state index is 14.1. The third kappa shape index (κ3) is 4.89. The molecule has 1 atom stereocenters. The molecule has 0 fully saturated rings. The Morgan fingerprint density at radius 3 is 2.48 bits per heavy atom. The summed E-state index contributed by atoms with van der Waals surface area (Å²) < 4.78 is 3.39. The van der Waals surface area contributed by atoms with Crippen molar-refractivity contribution in [3.05, 3.63) is 118 Å². The molecule has 1 amide bonds. The highest BCUT2D eigenvalue weighted by atomic mass is 16.6. The lowest BCUT2D eigenvalue weighted by Gasteiger charge is -2.31. The number of anilines is 2. The van der Waals surface area contributed by atoms with E-state index in [2.05, 4.69) is 25.7 Å². The van der Waals surface area contributed by atoms with Crippen LogP contribution in [0.1, 0.15) is 31.0 Å². The number of nitrogens with one attached hydrogen (secondary N) is 2. The summed E-state index contributed by atoms with van der Waals surface area (Å²) in [6.07, 6.45) is 4.99. The molecule has 210 valence electrons. The van der Waals surface area contributed by atoms with Gasteiger partial charge in [-0.3, -0.25) is 14.9 Å². The van der Waals surface area contributed by atoms with Gasteiger partial charge in [0.15, 0.2) is 0 Å². The second-order valence-electron chi connectivity index (χ2n) is 10.2. The van der Waals surface area contributed by atoms with Gasteiger partial charge in [-0.15, -0.1) is 0 Å². The highest BCUT2D eigenvalue weighted by Crippen LogP contribution is 2.41. The Labute approximate surface area is 240 Å². The number of nitrogens with zero attached hydrogens (tertiary/aromatic N) is 7. The summed E-state index contributed by atoms with van der Waals surface area (Å²) in [5.41, 5.74) is 4.73. The molecule has 3 aromatic heterocycles. The maximum absolute atomic E-state index is 14.1. The van der Waals surface area contributed by atoms with Crippen LogP contribution in [-0.4, -0.2) is 40.4 Å². The predicted octanol–water partition coefficient (Wildman–Crippen LogP) is 5.31. The Bertz CT molecular complexity index is 1810. The number of aromatic nitrogens is 6. The van der Waals surface area contributed by atoms with E-state index in [0.29, 0.717) is 39.9 Å². The summed E-state index contributed by atoms with van der Waals surface area (Å²) >= 11 is 0. The summed E-state index contributed by atoms with van der Waals surface area (Å²) in [5.74, 6) is 0.475. The van der Waals surface area contributed by atoms with E-state index in [0.717, 1.165) is 11.3 Å². The van der Waals surface area contributed by atoms with Crippen LogP contribution >= 0.6 is 0 Å². The minimum absolute atomic E-state index is 0.0316. The van der Waals surface area contributed by atoms with Crippen molar-refractivity contribution in [1.29, 1.82) is 0 Å². The summed E-state index contributed by atoms with van der Waals surface area (Å²) in [6, 6.07) is 18.7. The topological polar surface area (TPSA) is 146 Å². The summed E-state index contributed by atoms with van der Waals surface area (Å²) in [7, 11) is 0. The number of rotatable bonds is 7. The number of carbonyl (C=O) groups is 1. The van der Waals surface area contributed by atoms with Crippen molar-refractivity contribution in [2.24, 2.45) is 5.92 Å². The summed E-state index contributed by atoms with van der Waals surface area (Å²) in [4.78, 5) is 33.8. The average Bonchev–Trinajstić information content (AvgIpc) is 3.65. The van der Waals surface area contributed by atoms with Crippen LogP contribution < -0.4 is 10.6 Å². The number of non-ortho nitro benzene ring substituents is 1. The normalized spacial score (nSPS) is 14.4. The molecule has 12 heteroatoms. The van der Waals surface area contributed by atoms with Crippen LogP contribution in [-0.2, 0) is 4.79 Å². The van der Waals surface area contributed by atoms with Gasteiger partial charge in [-0.25, -0.2) is 14.3 Å². The lowest BCUT2D eigenvalue weighted by atomic mass is 9.90. The molecule has 2 aromatic carbocycles. The molecule has 5 aromatic rings. The van der Waals surface area contributed by atoms with E-state index in [1.54, 1.807) is 33.8 Å². The quantitative estimate of drug-likeness (QED) is 0.201. The lowest BCUT2D eigenvalue weighted by molar-refractivity contribution is -0.384. The predicted molar refractivity (Wildman–Crippen MR) is 157 cm³/mol. The monoisotopic (exact) mass is 561 g/mol. The molecule has 0 saturated heterocycles. The number of hydrogen-bond acceptors (Lipinski definition) is 8. The smallest absolute Gasteiger partial charge is 0.269 e. The standard InChI is InChI=1S/C30H27N9O3/c1-18(2)26-25(29(40)34-24-14-9-19(3)15-31-24)28(38-30(35-26)32-17-33-38)23-16-37(21-7-5-4-6-8-21)36-27(23)20-10-12-22(13-11-20)39(41)42/h4-18,28H,1-3H3,(H,31,34,40)(H,32,33,35). The number of nitro groups is 1. The van der Waals surface area contributed by atoms with Crippen LogP contribution in [0, 0.1) is 23.0 Å². The van der Waals surface area contributed by atoms with Crippen molar-refractivity contribution in [2.75, 3.05) is 10.6 Å². The van der Waals surface area contributed by atoms with Gasteiger partial charge in [-0.1, -0.05) is 38.1 Å². The van der Waals surface area contributed by atoms with E-state index in [1.807, 2.05) is 63.4 Å². The SMILES string of the molecule is Cc1ccc(NC(=O)C2=C(C(C)C)Nc3ncnn3C2c2cn(-c3ccccc3)nc2-c2ccc([N+](=O)[O-])cc2)nc1. The van der Waals surface area contributed by atoms with Crippen molar-refractivity contribution in [3.8, 4) is 16.9 Å². The van der Waals surface area contributed by atoms with Gasteiger partial charge in [-0.2, -0.15) is 15.2 Å².